The van der Waals surface area contributed by atoms with Crippen molar-refractivity contribution in [2.24, 2.45) is 0 Å². The van der Waals surface area contributed by atoms with Crippen molar-refractivity contribution < 1.29 is 14.7 Å². The maximum Gasteiger partial charge on any atom is 0.326 e. The van der Waals surface area contributed by atoms with Crippen LogP contribution in [0.15, 0.2) is 12.4 Å². The zero-order valence-electron chi connectivity index (χ0n) is 10.8. The van der Waals surface area contributed by atoms with Gasteiger partial charge in [-0.1, -0.05) is 0 Å². The van der Waals surface area contributed by atoms with E-state index >= 15 is 0 Å². The highest BCUT2D eigenvalue weighted by molar-refractivity contribution is 5.83. The third-order valence-corrected chi connectivity index (χ3v) is 3.41. The average Bonchev–Trinajstić information content (AvgIpc) is 2.92. The molecule has 7 nitrogen and oxygen atoms in total. The molecule has 104 valence electrons. The number of H-pyrrole nitrogens is 1. The van der Waals surface area contributed by atoms with Crippen molar-refractivity contribution in [2.75, 3.05) is 6.54 Å². The van der Waals surface area contributed by atoms with E-state index in [2.05, 4.69) is 15.5 Å². The monoisotopic (exact) mass is 266 g/mol. The minimum Gasteiger partial charge on any atom is -0.480 e. The number of carboxylic acid groups (broad SMARTS) is 1. The Kier molecular flexibility index (Phi) is 4.03. The van der Waals surface area contributed by atoms with Crippen LogP contribution in [0.25, 0.3) is 0 Å². The van der Waals surface area contributed by atoms with E-state index in [-0.39, 0.29) is 12.1 Å². The van der Waals surface area contributed by atoms with Crippen molar-refractivity contribution in [3.63, 3.8) is 0 Å². The molecule has 0 spiro atoms. The maximum atomic E-state index is 12.1. The number of piperidine rings is 1. The number of aliphatic carboxylic acids is 1. The topological polar surface area (TPSA) is 98.3 Å². The number of amides is 2. The molecule has 1 fully saturated rings. The molecule has 1 aliphatic heterocycles. The lowest BCUT2D eigenvalue weighted by Gasteiger charge is -2.33. The molecule has 0 aliphatic carbocycles. The van der Waals surface area contributed by atoms with Gasteiger partial charge in [-0.15, -0.1) is 0 Å². The van der Waals surface area contributed by atoms with E-state index < -0.39 is 12.0 Å². The zero-order valence-corrected chi connectivity index (χ0v) is 10.8. The lowest BCUT2D eigenvalue weighted by atomic mass is 10.0. The second-order valence-electron chi connectivity index (χ2n) is 4.75. The predicted octanol–water partition coefficient (Wildman–Crippen LogP) is 1.12. The summed E-state index contributed by atoms with van der Waals surface area (Å²) in [6.45, 7) is 2.32. The van der Waals surface area contributed by atoms with Gasteiger partial charge in [-0.25, -0.2) is 9.59 Å². The van der Waals surface area contributed by atoms with Crippen molar-refractivity contribution >= 4 is 12.0 Å². The smallest absolute Gasteiger partial charge is 0.326 e. The summed E-state index contributed by atoms with van der Waals surface area (Å²) in [5.41, 5.74) is 0.859. The van der Waals surface area contributed by atoms with Crippen molar-refractivity contribution in [2.45, 2.75) is 38.3 Å². The van der Waals surface area contributed by atoms with Gasteiger partial charge in [0.25, 0.3) is 0 Å². The van der Waals surface area contributed by atoms with Crippen LogP contribution in [-0.4, -0.2) is 44.8 Å². The molecule has 0 radical (unpaired) electrons. The summed E-state index contributed by atoms with van der Waals surface area (Å²) < 4.78 is 0. The third-order valence-electron chi connectivity index (χ3n) is 3.41. The summed E-state index contributed by atoms with van der Waals surface area (Å²) in [6, 6.07) is -1.26. The SMILES string of the molecule is CC(NC(=O)N1CCCCC1C(=O)O)c1cn[nH]c1. The molecule has 1 aromatic rings. The van der Waals surface area contributed by atoms with Crippen LogP contribution in [0, 0.1) is 0 Å². The van der Waals surface area contributed by atoms with Gasteiger partial charge in [0.2, 0.25) is 0 Å². The molecule has 2 unspecified atom stereocenters. The molecule has 1 aliphatic rings. The highest BCUT2D eigenvalue weighted by atomic mass is 16.4. The number of hydrogen-bond acceptors (Lipinski definition) is 3. The van der Waals surface area contributed by atoms with Gasteiger partial charge in [-0.3, -0.25) is 5.10 Å². The molecule has 0 saturated carbocycles. The number of carbonyl (C=O) groups excluding carboxylic acids is 1. The number of aromatic nitrogens is 2. The minimum absolute atomic E-state index is 0.206. The van der Waals surface area contributed by atoms with Gasteiger partial charge >= 0.3 is 12.0 Å². The molecule has 0 aromatic carbocycles. The fourth-order valence-corrected chi connectivity index (χ4v) is 2.28. The molecular weight excluding hydrogens is 248 g/mol. The molecule has 2 rings (SSSR count). The second-order valence-corrected chi connectivity index (χ2v) is 4.75. The van der Waals surface area contributed by atoms with Gasteiger partial charge in [0.1, 0.15) is 6.04 Å². The van der Waals surface area contributed by atoms with Gasteiger partial charge in [-0.05, 0) is 26.2 Å². The van der Waals surface area contributed by atoms with Crippen LogP contribution in [0.1, 0.15) is 37.8 Å². The number of nitrogens with zero attached hydrogens (tertiary/aromatic N) is 2. The van der Waals surface area contributed by atoms with Crippen LogP contribution in [0.3, 0.4) is 0 Å². The number of nitrogens with one attached hydrogen (secondary N) is 2. The molecule has 7 heteroatoms. The van der Waals surface area contributed by atoms with Crippen molar-refractivity contribution in [3.05, 3.63) is 18.0 Å². The molecule has 2 atom stereocenters. The first-order chi connectivity index (χ1) is 9.09. The van der Waals surface area contributed by atoms with E-state index in [1.807, 2.05) is 6.92 Å². The van der Waals surface area contributed by atoms with Crippen molar-refractivity contribution in [3.8, 4) is 0 Å². The summed E-state index contributed by atoms with van der Waals surface area (Å²) in [7, 11) is 0. The first-order valence-corrected chi connectivity index (χ1v) is 6.38. The molecule has 3 N–H and O–H groups in total. The Morgan fingerprint density at radius 3 is 3.00 bits per heavy atom. The Morgan fingerprint density at radius 2 is 2.37 bits per heavy atom. The van der Waals surface area contributed by atoms with Crippen LogP contribution < -0.4 is 5.32 Å². The van der Waals surface area contributed by atoms with E-state index in [1.54, 1.807) is 12.4 Å². The average molecular weight is 266 g/mol. The van der Waals surface area contributed by atoms with Crippen molar-refractivity contribution in [1.82, 2.24) is 20.4 Å². The Labute approximate surface area is 111 Å². The van der Waals surface area contributed by atoms with Crippen LogP contribution >= 0.6 is 0 Å². The number of likely N-dealkylation sites (tertiary alicyclic amines) is 1. The number of aromatic amines is 1. The molecule has 0 bridgehead atoms. The van der Waals surface area contributed by atoms with E-state index in [4.69, 9.17) is 5.11 Å². The van der Waals surface area contributed by atoms with Gasteiger partial charge in [-0.2, -0.15) is 5.10 Å². The fraction of sp³-hybridized carbons (Fsp3) is 0.583. The third kappa shape index (κ3) is 3.04. The first-order valence-electron chi connectivity index (χ1n) is 6.38. The van der Waals surface area contributed by atoms with Gasteiger partial charge in [0.15, 0.2) is 0 Å². The van der Waals surface area contributed by atoms with Crippen LogP contribution in [0.4, 0.5) is 4.79 Å². The summed E-state index contributed by atoms with van der Waals surface area (Å²) >= 11 is 0. The molecule has 2 heterocycles. The van der Waals surface area contributed by atoms with Crippen LogP contribution in [-0.2, 0) is 4.79 Å². The quantitative estimate of drug-likeness (QED) is 0.763. The van der Waals surface area contributed by atoms with Gasteiger partial charge in [0.05, 0.1) is 12.2 Å². The Morgan fingerprint density at radius 1 is 1.58 bits per heavy atom. The molecule has 1 saturated heterocycles. The summed E-state index contributed by atoms with van der Waals surface area (Å²) in [5.74, 6) is -0.939. The fourth-order valence-electron chi connectivity index (χ4n) is 2.28. The number of urea groups is 1. The summed E-state index contributed by atoms with van der Waals surface area (Å²) in [5, 5.41) is 18.4. The Bertz CT molecular complexity index is 446. The normalized spacial score (nSPS) is 20.9. The van der Waals surface area contributed by atoms with E-state index in [0.717, 1.165) is 18.4 Å². The van der Waals surface area contributed by atoms with Crippen LogP contribution in [0.5, 0.6) is 0 Å². The Hall–Kier alpha value is -2.05. The van der Waals surface area contributed by atoms with E-state index in [1.165, 1.54) is 4.90 Å². The van der Waals surface area contributed by atoms with Crippen LogP contribution in [0.2, 0.25) is 0 Å². The molecule has 1 aromatic heterocycles. The molecule has 19 heavy (non-hydrogen) atoms. The predicted molar refractivity (Wildman–Crippen MR) is 67.5 cm³/mol. The molecular formula is C12H18N4O3. The summed E-state index contributed by atoms with van der Waals surface area (Å²) in [4.78, 5) is 24.7. The lowest BCUT2D eigenvalue weighted by molar-refractivity contribution is -0.143. The largest absolute Gasteiger partial charge is 0.480 e. The standard InChI is InChI=1S/C12H18N4O3/c1-8(9-6-13-14-7-9)15-12(19)16-5-3-2-4-10(16)11(17)18/h6-8,10H,2-5H2,1H3,(H,13,14)(H,15,19)(H,17,18). The second kappa shape index (κ2) is 5.73. The Balaban J connectivity index is 2.00. The van der Waals surface area contributed by atoms with E-state index in [9.17, 15) is 9.59 Å². The number of carboxylic acids is 1. The maximum absolute atomic E-state index is 12.1. The van der Waals surface area contributed by atoms with Gasteiger partial charge in [0, 0.05) is 18.3 Å². The number of rotatable bonds is 3. The molecule has 2 amide bonds. The van der Waals surface area contributed by atoms with Crippen molar-refractivity contribution in [1.29, 1.82) is 0 Å². The van der Waals surface area contributed by atoms with Gasteiger partial charge < -0.3 is 15.3 Å². The zero-order chi connectivity index (χ0) is 13.8. The highest BCUT2D eigenvalue weighted by Gasteiger charge is 2.32. The minimum atomic E-state index is -0.939. The first kappa shape index (κ1) is 13.4. The highest BCUT2D eigenvalue weighted by Crippen LogP contribution is 2.18. The summed E-state index contributed by atoms with van der Waals surface area (Å²) in [6.07, 6.45) is 5.55. The number of hydrogen-bond donors (Lipinski definition) is 3. The lowest BCUT2D eigenvalue weighted by Crippen LogP contribution is -2.52. The van der Waals surface area contributed by atoms with E-state index in [0.29, 0.717) is 13.0 Å². The number of carbonyl (C=O) groups is 2.